The van der Waals surface area contributed by atoms with Crippen molar-refractivity contribution in [3.63, 3.8) is 0 Å². The maximum atomic E-state index is 10.7. The maximum Gasteiger partial charge on any atom is 0.302 e. The van der Waals surface area contributed by atoms with Gasteiger partial charge in [-0.2, -0.15) is 0 Å². The smallest absolute Gasteiger partial charge is 0.302 e. The summed E-state index contributed by atoms with van der Waals surface area (Å²) in [4.78, 5) is 21.3. The van der Waals surface area contributed by atoms with Crippen molar-refractivity contribution in [1.82, 2.24) is 0 Å². The first-order valence-electron chi connectivity index (χ1n) is 4.61. The number of rotatable bonds is 5. The highest BCUT2D eigenvalue weighted by Crippen LogP contribution is 2.28. The zero-order valence-corrected chi connectivity index (χ0v) is 9.53. The van der Waals surface area contributed by atoms with E-state index < -0.39 is 4.92 Å². The van der Waals surface area contributed by atoms with Gasteiger partial charge in [-0.05, 0) is 6.07 Å². The van der Waals surface area contributed by atoms with Crippen LogP contribution in [0.3, 0.4) is 0 Å². The molecule has 0 heterocycles. The van der Waals surface area contributed by atoms with Crippen LogP contribution in [-0.4, -0.2) is 23.3 Å². The molecule has 0 amide bonds. The summed E-state index contributed by atoms with van der Waals surface area (Å²) in [5, 5.41) is 10.7. The fourth-order valence-corrected chi connectivity index (χ4v) is 1.92. The number of esters is 1. The first-order valence-corrected chi connectivity index (χ1v) is 5.59. The van der Waals surface area contributed by atoms with Crippen molar-refractivity contribution in [3.8, 4) is 0 Å². The van der Waals surface area contributed by atoms with Gasteiger partial charge in [-0.3, -0.25) is 14.9 Å². The van der Waals surface area contributed by atoms with Gasteiger partial charge in [0.15, 0.2) is 0 Å². The molecule has 5 nitrogen and oxygen atoms in total. The van der Waals surface area contributed by atoms with E-state index >= 15 is 0 Å². The SMILES string of the molecule is CC(=O)OCCSc1ccccc1[N+](=O)[O-]. The summed E-state index contributed by atoms with van der Waals surface area (Å²) in [6.07, 6.45) is 0. The lowest BCUT2D eigenvalue weighted by Crippen LogP contribution is -2.02. The Morgan fingerprint density at radius 3 is 2.81 bits per heavy atom. The summed E-state index contributed by atoms with van der Waals surface area (Å²) < 4.78 is 4.73. The van der Waals surface area contributed by atoms with Crippen LogP contribution in [0, 0.1) is 10.1 Å². The summed E-state index contributed by atoms with van der Waals surface area (Å²) in [6.45, 7) is 1.59. The molecule has 16 heavy (non-hydrogen) atoms. The maximum absolute atomic E-state index is 10.7. The molecule has 0 radical (unpaired) electrons. The van der Waals surface area contributed by atoms with Crippen molar-refractivity contribution >= 4 is 23.4 Å². The van der Waals surface area contributed by atoms with E-state index in [0.717, 1.165) is 0 Å². The lowest BCUT2D eigenvalue weighted by molar-refractivity contribution is -0.387. The minimum absolute atomic E-state index is 0.0790. The highest BCUT2D eigenvalue weighted by Gasteiger charge is 2.12. The third kappa shape index (κ3) is 3.90. The second-order valence-electron chi connectivity index (χ2n) is 2.91. The molecule has 0 aromatic heterocycles. The first kappa shape index (κ1) is 12.5. The van der Waals surface area contributed by atoms with Crippen LogP contribution in [0.1, 0.15) is 6.92 Å². The van der Waals surface area contributed by atoms with E-state index in [-0.39, 0.29) is 18.3 Å². The Bertz CT molecular complexity index is 394. The lowest BCUT2D eigenvalue weighted by atomic mass is 10.3. The molecule has 6 heteroatoms. The highest BCUT2D eigenvalue weighted by atomic mass is 32.2. The number of carbonyl (C=O) groups is 1. The summed E-state index contributed by atoms with van der Waals surface area (Å²) in [5.41, 5.74) is 0.0790. The number of hydrogen-bond donors (Lipinski definition) is 0. The molecule has 1 aromatic rings. The van der Waals surface area contributed by atoms with Gasteiger partial charge in [0.25, 0.3) is 5.69 Å². The molecule has 0 saturated heterocycles. The van der Waals surface area contributed by atoms with Crippen LogP contribution in [0.4, 0.5) is 5.69 Å². The van der Waals surface area contributed by atoms with Crippen molar-refractivity contribution in [2.24, 2.45) is 0 Å². The second kappa shape index (κ2) is 6.12. The standard InChI is InChI=1S/C10H11NO4S/c1-8(12)15-6-7-16-10-5-3-2-4-9(10)11(13)14/h2-5H,6-7H2,1H3. The normalized spacial score (nSPS) is 9.81. The van der Waals surface area contributed by atoms with Crippen molar-refractivity contribution < 1.29 is 14.5 Å². The minimum Gasteiger partial charge on any atom is -0.465 e. The number of hydrogen-bond acceptors (Lipinski definition) is 5. The van der Waals surface area contributed by atoms with E-state index in [1.807, 2.05) is 0 Å². The van der Waals surface area contributed by atoms with E-state index in [0.29, 0.717) is 10.6 Å². The molecule has 0 aliphatic carbocycles. The molecule has 1 aromatic carbocycles. The Morgan fingerprint density at radius 1 is 1.50 bits per heavy atom. The van der Waals surface area contributed by atoms with Crippen LogP contribution in [0.5, 0.6) is 0 Å². The monoisotopic (exact) mass is 241 g/mol. The highest BCUT2D eigenvalue weighted by molar-refractivity contribution is 7.99. The predicted molar refractivity (Wildman–Crippen MR) is 60.5 cm³/mol. The molecule has 0 aliphatic heterocycles. The topological polar surface area (TPSA) is 69.4 Å². The van der Waals surface area contributed by atoms with Crippen LogP contribution in [0.15, 0.2) is 29.2 Å². The molecule has 86 valence electrons. The minimum atomic E-state index is -0.422. The van der Waals surface area contributed by atoms with Crippen LogP contribution in [0.2, 0.25) is 0 Å². The third-order valence-electron chi connectivity index (χ3n) is 1.71. The number of nitro groups is 1. The number of benzene rings is 1. The molecule has 0 spiro atoms. The number of thioether (sulfide) groups is 1. The fraction of sp³-hybridized carbons (Fsp3) is 0.300. The Kier molecular flexibility index (Phi) is 4.78. The van der Waals surface area contributed by atoms with E-state index in [1.165, 1.54) is 24.8 Å². The van der Waals surface area contributed by atoms with E-state index in [1.54, 1.807) is 18.2 Å². The number of nitrogens with zero attached hydrogens (tertiary/aromatic N) is 1. The van der Waals surface area contributed by atoms with Crippen molar-refractivity contribution in [2.75, 3.05) is 12.4 Å². The predicted octanol–water partition coefficient (Wildman–Crippen LogP) is 2.25. The number of ether oxygens (including phenoxy) is 1. The summed E-state index contributed by atoms with van der Waals surface area (Å²) in [7, 11) is 0. The zero-order valence-electron chi connectivity index (χ0n) is 8.71. The quantitative estimate of drug-likeness (QED) is 0.260. The van der Waals surface area contributed by atoms with Gasteiger partial charge in [0.2, 0.25) is 0 Å². The van der Waals surface area contributed by atoms with Crippen molar-refractivity contribution in [3.05, 3.63) is 34.4 Å². The van der Waals surface area contributed by atoms with Gasteiger partial charge in [-0.1, -0.05) is 12.1 Å². The summed E-state index contributed by atoms with van der Waals surface area (Å²) in [5.74, 6) is 0.160. The van der Waals surface area contributed by atoms with Gasteiger partial charge in [0, 0.05) is 18.7 Å². The molecule has 0 aliphatic rings. The number of nitro benzene ring substituents is 1. The second-order valence-corrected chi connectivity index (χ2v) is 4.05. The molecular formula is C10H11NO4S. The lowest BCUT2D eigenvalue weighted by Gasteiger charge is -2.02. The Labute approximate surface area is 96.9 Å². The average Bonchev–Trinajstić information content (AvgIpc) is 2.24. The van der Waals surface area contributed by atoms with E-state index in [2.05, 4.69) is 0 Å². The van der Waals surface area contributed by atoms with Crippen molar-refractivity contribution in [1.29, 1.82) is 0 Å². The van der Waals surface area contributed by atoms with Crippen LogP contribution in [-0.2, 0) is 9.53 Å². The molecule has 1 rings (SSSR count). The van der Waals surface area contributed by atoms with Gasteiger partial charge < -0.3 is 4.74 Å². The Hall–Kier alpha value is -1.56. The zero-order chi connectivity index (χ0) is 12.0. The molecule has 0 saturated carbocycles. The van der Waals surface area contributed by atoms with Gasteiger partial charge in [-0.15, -0.1) is 11.8 Å². The summed E-state index contributed by atoms with van der Waals surface area (Å²) >= 11 is 1.30. The third-order valence-corrected chi connectivity index (χ3v) is 2.74. The van der Waals surface area contributed by atoms with Crippen LogP contribution in [0.25, 0.3) is 0 Å². The van der Waals surface area contributed by atoms with Crippen LogP contribution >= 0.6 is 11.8 Å². The van der Waals surface area contributed by atoms with Gasteiger partial charge >= 0.3 is 5.97 Å². The van der Waals surface area contributed by atoms with Crippen molar-refractivity contribution in [2.45, 2.75) is 11.8 Å². The molecule has 0 N–H and O–H groups in total. The van der Waals surface area contributed by atoms with E-state index in [4.69, 9.17) is 4.74 Å². The largest absolute Gasteiger partial charge is 0.465 e. The number of carbonyl (C=O) groups excluding carboxylic acids is 1. The van der Waals surface area contributed by atoms with E-state index in [9.17, 15) is 14.9 Å². The Balaban J connectivity index is 2.53. The summed E-state index contributed by atoms with van der Waals surface area (Å²) in [6, 6.07) is 6.49. The first-order chi connectivity index (χ1) is 7.61. The molecule has 0 bridgehead atoms. The average molecular weight is 241 g/mol. The Morgan fingerprint density at radius 2 is 2.19 bits per heavy atom. The number of para-hydroxylation sites is 1. The molecule has 0 atom stereocenters. The van der Waals surface area contributed by atoms with Gasteiger partial charge in [-0.25, -0.2) is 0 Å². The fourth-order valence-electron chi connectivity index (χ4n) is 1.07. The van der Waals surface area contributed by atoms with Gasteiger partial charge in [0.05, 0.1) is 9.82 Å². The molecule has 0 unspecified atom stereocenters. The van der Waals surface area contributed by atoms with Gasteiger partial charge in [0.1, 0.15) is 6.61 Å². The molecular weight excluding hydrogens is 230 g/mol. The van der Waals surface area contributed by atoms with Crippen LogP contribution < -0.4 is 0 Å². The molecule has 0 fully saturated rings.